The van der Waals surface area contributed by atoms with Crippen LogP contribution in [0.1, 0.15) is 40.2 Å². The molecule has 142 valence electrons. The molecule has 1 atom stereocenters. The SMILES string of the molecule is NC(=O)[C@H]1CN(C(=O)c2n[nH]c3c2CCCC3)CCN1Cc1ccccc1. The monoisotopic (exact) mass is 367 g/mol. The maximum atomic E-state index is 13.0. The number of rotatable bonds is 4. The maximum absolute atomic E-state index is 13.0. The van der Waals surface area contributed by atoms with Gasteiger partial charge in [0.25, 0.3) is 5.91 Å². The van der Waals surface area contributed by atoms with E-state index in [9.17, 15) is 9.59 Å². The fourth-order valence-electron chi connectivity index (χ4n) is 4.09. The van der Waals surface area contributed by atoms with Crippen molar-refractivity contribution in [3.8, 4) is 0 Å². The van der Waals surface area contributed by atoms with Gasteiger partial charge in [0.05, 0.1) is 0 Å². The van der Waals surface area contributed by atoms with Crippen molar-refractivity contribution < 1.29 is 9.59 Å². The van der Waals surface area contributed by atoms with Gasteiger partial charge in [-0.05, 0) is 31.2 Å². The van der Waals surface area contributed by atoms with Gasteiger partial charge in [-0.2, -0.15) is 5.10 Å². The molecular weight excluding hydrogens is 342 g/mol. The van der Waals surface area contributed by atoms with Crippen molar-refractivity contribution in [1.82, 2.24) is 20.0 Å². The number of nitrogens with zero attached hydrogens (tertiary/aromatic N) is 3. The van der Waals surface area contributed by atoms with E-state index in [0.717, 1.165) is 42.5 Å². The molecule has 1 aliphatic carbocycles. The summed E-state index contributed by atoms with van der Waals surface area (Å²) >= 11 is 0. The molecule has 1 aliphatic heterocycles. The molecule has 1 aromatic heterocycles. The minimum atomic E-state index is -0.488. The second-order valence-electron chi connectivity index (χ2n) is 7.36. The lowest BCUT2D eigenvalue weighted by Gasteiger charge is -2.39. The number of fused-ring (bicyclic) bond motifs is 1. The molecule has 0 spiro atoms. The molecule has 0 saturated carbocycles. The van der Waals surface area contributed by atoms with Gasteiger partial charge in [-0.3, -0.25) is 19.6 Å². The fourth-order valence-corrected chi connectivity index (χ4v) is 4.09. The molecule has 3 N–H and O–H groups in total. The Balaban J connectivity index is 1.49. The van der Waals surface area contributed by atoms with E-state index in [-0.39, 0.29) is 5.91 Å². The van der Waals surface area contributed by atoms with Crippen molar-refractivity contribution in [1.29, 1.82) is 0 Å². The Bertz CT molecular complexity index is 832. The number of benzene rings is 1. The average molecular weight is 367 g/mol. The highest BCUT2D eigenvalue weighted by Crippen LogP contribution is 2.24. The molecular formula is C20H25N5O2. The molecule has 1 saturated heterocycles. The summed E-state index contributed by atoms with van der Waals surface area (Å²) in [6, 6.07) is 9.51. The van der Waals surface area contributed by atoms with Crippen molar-refractivity contribution in [3.63, 3.8) is 0 Å². The lowest BCUT2D eigenvalue weighted by Crippen LogP contribution is -2.59. The summed E-state index contributed by atoms with van der Waals surface area (Å²) in [6.07, 6.45) is 4.05. The van der Waals surface area contributed by atoms with Crippen LogP contribution in [0.3, 0.4) is 0 Å². The van der Waals surface area contributed by atoms with E-state index >= 15 is 0 Å². The van der Waals surface area contributed by atoms with Gasteiger partial charge in [0.15, 0.2) is 5.69 Å². The Labute approximate surface area is 158 Å². The molecule has 2 heterocycles. The molecule has 1 aromatic carbocycles. The molecule has 2 aliphatic rings. The third-order valence-corrected chi connectivity index (χ3v) is 5.59. The van der Waals surface area contributed by atoms with Gasteiger partial charge in [0.1, 0.15) is 6.04 Å². The molecule has 2 aromatic rings. The number of aromatic amines is 1. The van der Waals surface area contributed by atoms with Crippen LogP contribution in [-0.4, -0.2) is 57.5 Å². The minimum Gasteiger partial charge on any atom is -0.368 e. The van der Waals surface area contributed by atoms with Gasteiger partial charge in [-0.25, -0.2) is 0 Å². The summed E-state index contributed by atoms with van der Waals surface area (Å²) in [5.74, 6) is -0.493. The Morgan fingerprint density at radius 2 is 1.93 bits per heavy atom. The third-order valence-electron chi connectivity index (χ3n) is 5.59. The van der Waals surface area contributed by atoms with E-state index in [0.29, 0.717) is 31.9 Å². The van der Waals surface area contributed by atoms with E-state index in [1.807, 2.05) is 30.3 Å². The number of carbonyl (C=O) groups is 2. The number of carbonyl (C=O) groups excluding carboxylic acids is 2. The van der Waals surface area contributed by atoms with Crippen LogP contribution in [0, 0.1) is 0 Å². The standard InChI is InChI=1S/C20H25N5O2/c21-19(26)17-13-25(11-10-24(17)12-14-6-2-1-3-7-14)20(27)18-15-8-4-5-9-16(15)22-23-18/h1-3,6-7,17H,4-5,8-13H2,(H2,21,26)(H,22,23)/t17-/m1/s1. The van der Waals surface area contributed by atoms with Crippen molar-refractivity contribution in [2.24, 2.45) is 5.73 Å². The van der Waals surface area contributed by atoms with E-state index in [1.165, 1.54) is 0 Å². The number of hydrogen-bond donors (Lipinski definition) is 2. The van der Waals surface area contributed by atoms with Gasteiger partial charge in [-0.15, -0.1) is 0 Å². The first-order chi connectivity index (χ1) is 13.1. The van der Waals surface area contributed by atoms with Gasteiger partial charge in [0, 0.05) is 37.4 Å². The number of amides is 2. The predicted octanol–water partition coefficient (Wildman–Crippen LogP) is 1.10. The first kappa shape index (κ1) is 17.7. The van der Waals surface area contributed by atoms with Crippen LogP contribution >= 0.6 is 0 Å². The highest BCUT2D eigenvalue weighted by molar-refractivity contribution is 5.94. The molecule has 7 heteroatoms. The molecule has 27 heavy (non-hydrogen) atoms. The number of nitrogens with one attached hydrogen (secondary N) is 1. The molecule has 2 amide bonds. The number of hydrogen-bond acceptors (Lipinski definition) is 4. The van der Waals surface area contributed by atoms with Gasteiger partial charge in [-0.1, -0.05) is 30.3 Å². The largest absolute Gasteiger partial charge is 0.368 e. The van der Waals surface area contributed by atoms with Gasteiger partial charge >= 0.3 is 0 Å². The van der Waals surface area contributed by atoms with Crippen LogP contribution in [0.2, 0.25) is 0 Å². The number of aromatic nitrogens is 2. The average Bonchev–Trinajstić information content (AvgIpc) is 3.12. The summed E-state index contributed by atoms with van der Waals surface area (Å²) in [4.78, 5) is 28.9. The van der Waals surface area contributed by atoms with Crippen molar-refractivity contribution in [3.05, 3.63) is 52.8 Å². The Kier molecular flexibility index (Phi) is 4.94. The first-order valence-electron chi connectivity index (χ1n) is 9.56. The van der Waals surface area contributed by atoms with Crippen LogP contribution in [-0.2, 0) is 24.2 Å². The predicted molar refractivity (Wildman–Crippen MR) is 101 cm³/mol. The summed E-state index contributed by atoms with van der Waals surface area (Å²) in [7, 11) is 0. The second-order valence-corrected chi connectivity index (χ2v) is 7.36. The maximum Gasteiger partial charge on any atom is 0.274 e. The normalized spacial score (nSPS) is 20.3. The highest BCUT2D eigenvalue weighted by Gasteiger charge is 2.35. The lowest BCUT2D eigenvalue weighted by molar-refractivity contribution is -0.125. The minimum absolute atomic E-state index is 0.0972. The lowest BCUT2D eigenvalue weighted by atomic mass is 9.95. The van der Waals surface area contributed by atoms with E-state index < -0.39 is 11.9 Å². The first-order valence-corrected chi connectivity index (χ1v) is 9.56. The summed E-state index contributed by atoms with van der Waals surface area (Å²) in [6.45, 7) is 2.13. The number of nitrogens with two attached hydrogens (primary N) is 1. The van der Waals surface area contributed by atoms with E-state index in [2.05, 4.69) is 15.1 Å². The smallest absolute Gasteiger partial charge is 0.274 e. The van der Waals surface area contributed by atoms with Crippen molar-refractivity contribution in [2.45, 2.75) is 38.3 Å². The molecule has 7 nitrogen and oxygen atoms in total. The van der Waals surface area contributed by atoms with Gasteiger partial charge < -0.3 is 10.6 Å². The molecule has 0 bridgehead atoms. The Morgan fingerprint density at radius 3 is 2.70 bits per heavy atom. The van der Waals surface area contributed by atoms with Crippen LogP contribution < -0.4 is 5.73 Å². The molecule has 0 unspecified atom stereocenters. The Morgan fingerprint density at radius 1 is 1.15 bits per heavy atom. The fraction of sp³-hybridized carbons (Fsp3) is 0.450. The number of primary amides is 1. The zero-order valence-corrected chi connectivity index (χ0v) is 15.4. The quantitative estimate of drug-likeness (QED) is 0.846. The molecule has 1 fully saturated rings. The second kappa shape index (κ2) is 7.52. The number of piperazine rings is 1. The van der Waals surface area contributed by atoms with Crippen LogP contribution in [0.4, 0.5) is 0 Å². The Hall–Kier alpha value is -2.67. The third kappa shape index (κ3) is 3.60. The van der Waals surface area contributed by atoms with Crippen LogP contribution in [0.15, 0.2) is 30.3 Å². The van der Waals surface area contributed by atoms with Crippen molar-refractivity contribution >= 4 is 11.8 Å². The topological polar surface area (TPSA) is 95.3 Å². The van der Waals surface area contributed by atoms with Crippen LogP contribution in [0.25, 0.3) is 0 Å². The summed E-state index contributed by atoms with van der Waals surface area (Å²) < 4.78 is 0. The van der Waals surface area contributed by atoms with Gasteiger partial charge in [0.2, 0.25) is 5.91 Å². The summed E-state index contributed by atoms with van der Waals surface area (Å²) in [5, 5.41) is 7.31. The highest BCUT2D eigenvalue weighted by atomic mass is 16.2. The zero-order valence-electron chi connectivity index (χ0n) is 15.4. The number of H-pyrrole nitrogens is 1. The van der Waals surface area contributed by atoms with E-state index in [4.69, 9.17) is 5.73 Å². The molecule has 0 radical (unpaired) electrons. The van der Waals surface area contributed by atoms with Crippen molar-refractivity contribution in [2.75, 3.05) is 19.6 Å². The zero-order chi connectivity index (χ0) is 18.8. The molecule has 4 rings (SSSR count). The summed E-state index contributed by atoms with van der Waals surface area (Å²) in [5.41, 5.74) is 9.44. The van der Waals surface area contributed by atoms with E-state index in [1.54, 1.807) is 4.90 Å². The number of aryl methyl sites for hydroxylation is 1. The van der Waals surface area contributed by atoms with Crippen LogP contribution in [0.5, 0.6) is 0 Å².